The first-order valence-electron chi connectivity index (χ1n) is 7.12. The molecule has 4 aromatic rings. The average molecular weight is 329 g/mol. The smallest absolute Gasteiger partial charge is 0.416 e. The summed E-state index contributed by atoms with van der Waals surface area (Å²) >= 11 is 0. The van der Waals surface area contributed by atoms with Gasteiger partial charge < -0.3 is 5.11 Å². The van der Waals surface area contributed by atoms with Crippen molar-refractivity contribution >= 4 is 16.4 Å². The van der Waals surface area contributed by atoms with Gasteiger partial charge in [0.2, 0.25) is 0 Å². The van der Waals surface area contributed by atoms with Crippen molar-refractivity contribution in [1.82, 2.24) is 9.90 Å². The lowest BCUT2D eigenvalue weighted by atomic mass is 10.2. The maximum absolute atomic E-state index is 12.9. The second kappa shape index (κ2) is 4.95. The Morgan fingerprint density at radius 1 is 0.917 bits per heavy atom. The summed E-state index contributed by atoms with van der Waals surface area (Å²) in [6.45, 7) is 0. The number of hydrogen-bond acceptors (Lipinski definition) is 2. The molecule has 2 aromatic heterocycles. The van der Waals surface area contributed by atoms with Gasteiger partial charge in [0.05, 0.1) is 5.56 Å². The number of para-hydroxylation sites is 1. The van der Waals surface area contributed by atoms with Crippen molar-refractivity contribution < 1.29 is 22.8 Å². The monoisotopic (exact) mass is 329 g/mol. The number of aromatic nitrogens is 3. The Morgan fingerprint density at radius 3 is 2.50 bits per heavy atom. The highest BCUT2D eigenvalue weighted by Crippen LogP contribution is 2.31. The van der Waals surface area contributed by atoms with Gasteiger partial charge in [0.25, 0.3) is 0 Å². The number of hydrogen-bond donors (Lipinski definition) is 0. The molecule has 24 heavy (non-hydrogen) atoms. The van der Waals surface area contributed by atoms with Crippen LogP contribution in [0.15, 0.2) is 60.7 Å². The van der Waals surface area contributed by atoms with E-state index in [1.54, 1.807) is 18.2 Å². The SMILES string of the molecule is [O-]c1c2ccc3ccccc3[n+]2nn1-c1cccc(C(F)(F)F)c1. The zero-order valence-electron chi connectivity index (χ0n) is 12.2. The van der Waals surface area contributed by atoms with Gasteiger partial charge in [-0.1, -0.05) is 28.8 Å². The summed E-state index contributed by atoms with van der Waals surface area (Å²) in [6.07, 6.45) is -4.48. The van der Waals surface area contributed by atoms with Crippen molar-refractivity contribution in [3.8, 4) is 11.6 Å². The first-order chi connectivity index (χ1) is 11.4. The van der Waals surface area contributed by atoms with Crippen LogP contribution in [0.3, 0.4) is 0 Å². The highest BCUT2D eigenvalue weighted by atomic mass is 19.4. The topological polar surface area (TPSA) is 45.0 Å². The van der Waals surface area contributed by atoms with Crippen molar-refractivity contribution in [1.29, 1.82) is 0 Å². The molecule has 0 saturated carbocycles. The standard InChI is InChI=1S/C17H10F3N3O/c18-17(19,20)12-5-3-6-13(10-12)22-16(24)15-9-8-11-4-1-2-7-14(11)23(15)21-22/h1-10H. The lowest BCUT2D eigenvalue weighted by Crippen LogP contribution is -2.25. The summed E-state index contributed by atoms with van der Waals surface area (Å²) in [6, 6.07) is 15.3. The van der Waals surface area contributed by atoms with E-state index in [9.17, 15) is 18.3 Å². The summed E-state index contributed by atoms with van der Waals surface area (Å²) in [5.74, 6) is -0.472. The van der Waals surface area contributed by atoms with Crippen LogP contribution in [0.5, 0.6) is 5.88 Å². The maximum Gasteiger partial charge on any atom is 0.416 e. The zero-order chi connectivity index (χ0) is 16.9. The highest BCUT2D eigenvalue weighted by molar-refractivity contribution is 5.77. The predicted molar refractivity (Wildman–Crippen MR) is 78.7 cm³/mol. The number of nitrogens with zero attached hydrogens (tertiary/aromatic N) is 3. The van der Waals surface area contributed by atoms with Crippen molar-refractivity contribution in [2.45, 2.75) is 6.18 Å². The first-order valence-corrected chi connectivity index (χ1v) is 7.12. The maximum atomic E-state index is 12.9. The molecule has 0 aliphatic carbocycles. The van der Waals surface area contributed by atoms with E-state index in [2.05, 4.69) is 5.21 Å². The van der Waals surface area contributed by atoms with Crippen LogP contribution >= 0.6 is 0 Å². The molecule has 2 heterocycles. The molecule has 0 N–H and O–H groups in total. The van der Waals surface area contributed by atoms with Crippen LogP contribution in [0.4, 0.5) is 13.2 Å². The van der Waals surface area contributed by atoms with Gasteiger partial charge in [0.15, 0.2) is 16.7 Å². The number of alkyl halides is 3. The molecule has 0 radical (unpaired) electrons. The normalized spacial score (nSPS) is 12.1. The molecular formula is C17H10F3N3O. The number of pyridine rings is 1. The third kappa shape index (κ3) is 2.17. The van der Waals surface area contributed by atoms with Crippen LogP contribution in [0, 0.1) is 0 Å². The third-order valence-electron chi connectivity index (χ3n) is 3.82. The Hall–Kier alpha value is -3.09. The largest absolute Gasteiger partial charge is 0.837 e. The molecule has 120 valence electrons. The fraction of sp³-hybridized carbons (Fsp3) is 0.0588. The molecular weight excluding hydrogens is 319 g/mol. The molecule has 0 aliphatic rings. The van der Waals surface area contributed by atoms with Crippen LogP contribution < -0.4 is 9.62 Å². The fourth-order valence-corrected chi connectivity index (χ4v) is 2.67. The van der Waals surface area contributed by atoms with Crippen molar-refractivity contribution in [3.63, 3.8) is 0 Å². The Morgan fingerprint density at radius 2 is 1.71 bits per heavy atom. The molecule has 0 unspecified atom stereocenters. The van der Waals surface area contributed by atoms with E-state index in [0.29, 0.717) is 11.0 Å². The van der Waals surface area contributed by atoms with E-state index < -0.39 is 17.6 Å². The number of halogens is 3. The molecule has 7 heteroatoms. The van der Waals surface area contributed by atoms with Gasteiger partial charge in [0, 0.05) is 5.39 Å². The Balaban J connectivity index is 1.98. The molecule has 0 amide bonds. The van der Waals surface area contributed by atoms with E-state index in [0.717, 1.165) is 22.2 Å². The van der Waals surface area contributed by atoms with E-state index in [-0.39, 0.29) is 5.69 Å². The lowest BCUT2D eigenvalue weighted by molar-refractivity contribution is -0.556. The van der Waals surface area contributed by atoms with Gasteiger partial charge in [-0.2, -0.15) is 13.2 Å². The second-order valence-electron chi connectivity index (χ2n) is 5.34. The molecule has 4 rings (SSSR count). The molecule has 0 aliphatic heterocycles. The Kier molecular flexibility index (Phi) is 2.99. The summed E-state index contributed by atoms with van der Waals surface area (Å²) < 4.78 is 41.1. The summed E-state index contributed by atoms with van der Waals surface area (Å²) in [5.41, 5.74) is 0.250. The van der Waals surface area contributed by atoms with Gasteiger partial charge in [-0.05, 0) is 36.4 Å². The second-order valence-corrected chi connectivity index (χ2v) is 5.34. The van der Waals surface area contributed by atoms with Gasteiger partial charge in [-0.3, -0.25) is 0 Å². The average Bonchev–Trinajstić information content (AvgIpc) is 2.92. The molecule has 0 spiro atoms. The van der Waals surface area contributed by atoms with Crippen LogP contribution in [0.25, 0.3) is 22.1 Å². The van der Waals surface area contributed by atoms with Gasteiger partial charge in [-0.25, -0.2) is 0 Å². The van der Waals surface area contributed by atoms with Crippen LogP contribution in [0.1, 0.15) is 5.56 Å². The molecule has 2 aromatic carbocycles. The minimum Gasteiger partial charge on any atom is -0.837 e. The molecule has 4 nitrogen and oxygen atoms in total. The lowest BCUT2D eigenvalue weighted by Gasteiger charge is -2.07. The van der Waals surface area contributed by atoms with Crippen molar-refractivity contribution in [2.75, 3.05) is 0 Å². The zero-order valence-corrected chi connectivity index (χ0v) is 12.2. The van der Waals surface area contributed by atoms with Crippen molar-refractivity contribution in [2.24, 2.45) is 0 Å². The van der Waals surface area contributed by atoms with Crippen LogP contribution in [-0.2, 0) is 6.18 Å². The van der Waals surface area contributed by atoms with E-state index in [1.807, 2.05) is 18.2 Å². The summed E-state index contributed by atoms with van der Waals surface area (Å²) in [4.78, 5) is 0. The number of fused-ring (bicyclic) bond motifs is 3. The number of rotatable bonds is 1. The van der Waals surface area contributed by atoms with Gasteiger partial charge in [0.1, 0.15) is 11.1 Å². The third-order valence-corrected chi connectivity index (χ3v) is 3.82. The Bertz CT molecular complexity index is 1070. The minimum absolute atomic E-state index is 0.0719. The molecule has 0 saturated heterocycles. The van der Waals surface area contributed by atoms with Gasteiger partial charge in [-0.15, -0.1) is 4.68 Å². The number of benzene rings is 2. The van der Waals surface area contributed by atoms with E-state index >= 15 is 0 Å². The molecule has 0 bridgehead atoms. The Labute approximate surface area is 134 Å². The van der Waals surface area contributed by atoms with Crippen LogP contribution in [0.2, 0.25) is 0 Å². The quantitative estimate of drug-likeness (QED) is 0.504. The fourth-order valence-electron chi connectivity index (χ4n) is 2.67. The summed E-state index contributed by atoms with van der Waals surface area (Å²) in [5, 5.41) is 17.6. The van der Waals surface area contributed by atoms with Gasteiger partial charge >= 0.3 is 6.18 Å². The summed E-state index contributed by atoms with van der Waals surface area (Å²) in [7, 11) is 0. The van der Waals surface area contributed by atoms with Crippen LogP contribution in [-0.4, -0.2) is 9.90 Å². The van der Waals surface area contributed by atoms with E-state index in [1.165, 1.54) is 16.6 Å². The minimum atomic E-state index is -4.48. The first kappa shape index (κ1) is 14.5. The predicted octanol–water partition coefficient (Wildman–Crippen LogP) is 2.86. The molecule has 0 fully saturated rings. The molecule has 0 atom stereocenters. The van der Waals surface area contributed by atoms with E-state index in [4.69, 9.17) is 0 Å². The highest BCUT2D eigenvalue weighted by Gasteiger charge is 2.31. The van der Waals surface area contributed by atoms with Crippen molar-refractivity contribution in [3.05, 3.63) is 66.2 Å².